The number of hydrogen-bond donors (Lipinski definition) is 1. The van der Waals surface area contributed by atoms with Gasteiger partial charge in [-0.3, -0.25) is 0 Å². The van der Waals surface area contributed by atoms with Crippen molar-refractivity contribution in [3.63, 3.8) is 0 Å². The second-order valence-electron chi connectivity index (χ2n) is 3.47. The van der Waals surface area contributed by atoms with E-state index in [1.54, 1.807) is 0 Å². The molecule has 1 heterocycles. The van der Waals surface area contributed by atoms with Crippen LogP contribution in [0.5, 0.6) is 0 Å². The minimum atomic E-state index is -2.94. The predicted molar refractivity (Wildman–Crippen MR) is 56.8 cm³/mol. The van der Waals surface area contributed by atoms with E-state index in [4.69, 9.17) is 0 Å². The average Bonchev–Trinajstić information content (AvgIpc) is 2.47. The first-order valence-electron chi connectivity index (χ1n) is 4.28. The molecule has 0 aliphatic rings. The lowest BCUT2D eigenvalue weighted by Gasteiger charge is -1.99. The standard InChI is InChI=1S/C10H11NO2S/c1-14(12,13)7-8-2-3-10-9(6-8)4-5-11-10/h2-6,11H,7H2,1H3. The van der Waals surface area contributed by atoms with E-state index >= 15 is 0 Å². The van der Waals surface area contributed by atoms with Crippen LogP contribution in [0.3, 0.4) is 0 Å². The van der Waals surface area contributed by atoms with Crippen molar-refractivity contribution in [2.45, 2.75) is 5.75 Å². The summed E-state index contributed by atoms with van der Waals surface area (Å²) in [5, 5.41) is 1.05. The second kappa shape index (κ2) is 3.13. The normalized spacial score (nSPS) is 12.1. The van der Waals surface area contributed by atoms with Gasteiger partial charge in [-0.2, -0.15) is 0 Å². The number of H-pyrrole nitrogens is 1. The highest BCUT2D eigenvalue weighted by atomic mass is 32.2. The Labute approximate surface area is 82.7 Å². The number of hydrogen-bond acceptors (Lipinski definition) is 2. The van der Waals surface area contributed by atoms with Crippen LogP contribution >= 0.6 is 0 Å². The summed E-state index contributed by atoms with van der Waals surface area (Å²) in [6.07, 6.45) is 3.09. The molecule has 0 bridgehead atoms. The quantitative estimate of drug-likeness (QED) is 0.818. The van der Waals surface area contributed by atoms with Crippen molar-refractivity contribution in [3.05, 3.63) is 36.0 Å². The average molecular weight is 209 g/mol. The fourth-order valence-electron chi connectivity index (χ4n) is 1.50. The smallest absolute Gasteiger partial charge is 0.151 e. The second-order valence-corrected chi connectivity index (χ2v) is 5.61. The predicted octanol–water partition coefficient (Wildman–Crippen LogP) is 1.71. The highest BCUT2D eigenvalue weighted by molar-refractivity contribution is 7.89. The van der Waals surface area contributed by atoms with Crippen molar-refractivity contribution in [1.29, 1.82) is 0 Å². The summed E-state index contributed by atoms with van der Waals surface area (Å²) in [6, 6.07) is 7.56. The molecule has 0 radical (unpaired) electrons. The van der Waals surface area contributed by atoms with Gasteiger partial charge in [-0.1, -0.05) is 6.07 Å². The molecule has 3 nitrogen and oxygen atoms in total. The van der Waals surface area contributed by atoms with Crippen LogP contribution < -0.4 is 0 Å². The Morgan fingerprint density at radius 1 is 1.29 bits per heavy atom. The highest BCUT2D eigenvalue weighted by Gasteiger charge is 2.04. The van der Waals surface area contributed by atoms with E-state index < -0.39 is 9.84 Å². The molecule has 2 rings (SSSR count). The Kier molecular flexibility index (Phi) is 2.07. The largest absolute Gasteiger partial charge is 0.361 e. The molecule has 0 atom stereocenters. The third kappa shape index (κ3) is 1.96. The first kappa shape index (κ1) is 9.27. The van der Waals surface area contributed by atoms with Gasteiger partial charge in [0.05, 0.1) is 5.75 Å². The summed E-state index contributed by atoms with van der Waals surface area (Å²) in [5.74, 6) is 0.105. The monoisotopic (exact) mass is 209 g/mol. The fraction of sp³-hybridized carbons (Fsp3) is 0.200. The third-order valence-corrected chi connectivity index (χ3v) is 2.90. The van der Waals surface area contributed by atoms with Crippen LogP contribution in [0.25, 0.3) is 10.9 Å². The lowest BCUT2D eigenvalue weighted by atomic mass is 10.2. The number of fused-ring (bicyclic) bond motifs is 1. The Balaban J connectivity index is 2.44. The molecule has 1 aromatic carbocycles. The molecule has 4 heteroatoms. The van der Waals surface area contributed by atoms with E-state index in [1.165, 1.54) is 6.26 Å². The van der Waals surface area contributed by atoms with Gasteiger partial charge in [0.15, 0.2) is 9.84 Å². The van der Waals surface area contributed by atoms with E-state index in [9.17, 15) is 8.42 Å². The molecule has 0 fully saturated rings. The lowest BCUT2D eigenvalue weighted by Crippen LogP contribution is -2.00. The summed E-state index contributed by atoms with van der Waals surface area (Å²) in [7, 11) is -2.94. The summed E-state index contributed by atoms with van der Waals surface area (Å²) >= 11 is 0. The molecular weight excluding hydrogens is 198 g/mol. The van der Waals surface area contributed by atoms with Crippen molar-refractivity contribution >= 4 is 20.7 Å². The lowest BCUT2D eigenvalue weighted by molar-refractivity contribution is 0.601. The van der Waals surface area contributed by atoms with Crippen LogP contribution in [-0.4, -0.2) is 19.7 Å². The van der Waals surface area contributed by atoms with Gasteiger partial charge in [-0.15, -0.1) is 0 Å². The number of nitrogens with one attached hydrogen (secondary N) is 1. The summed E-state index contributed by atoms with van der Waals surface area (Å²) in [4.78, 5) is 3.06. The van der Waals surface area contributed by atoms with Crippen molar-refractivity contribution < 1.29 is 8.42 Å². The highest BCUT2D eigenvalue weighted by Crippen LogP contribution is 2.15. The maximum atomic E-state index is 11.1. The third-order valence-electron chi connectivity index (χ3n) is 2.05. The van der Waals surface area contributed by atoms with Crippen molar-refractivity contribution in [3.8, 4) is 0 Å². The Morgan fingerprint density at radius 2 is 2.07 bits per heavy atom. The zero-order valence-electron chi connectivity index (χ0n) is 7.82. The maximum Gasteiger partial charge on any atom is 0.151 e. The van der Waals surface area contributed by atoms with E-state index in [2.05, 4.69) is 4.98 Å². The van der Waals surface area contributed by atoms with Crippen molar-refractivity contribution in [1.82, 2.24) is 4.98 Å². The molecule has 2 aromatic rings. The number of sulfone groups is 1. The van der Waals surface area contributed by atoms with Crippen LogP contribution in [0.4, 0.5) is 0 Å². The molecule has 74 valence electrons. The Morgan fingerprint density at radius 3 is 2.79 bits per heavy atom. The Hall–Kier alpha value is -1.29. The van der Waals surface area contributed by atoms with Gasteiger partial charge in [-0.05, 0) is 29.1 Å². The number of aromatic nitrogens is 1. The van der Waals surface area contributed by atoms with Crippen LogP contribution in [0.2, 0.25) is 0 Å². The van der Waals surface area contributed by atoms with E-state index in [0.717, 1.165) is 16.5 Å². The number of aromatic amines is 1. The molecule has 0 saturated heterocycles. The first-order valence-corrected chi connectivity index (χ1v) is 6.34. The van der Waals surface area contributed by atoms with Crippen LogP contribution in [0, 0.1) is 0 Å². The molecule has 0 amide bonds. The Bertz CT molecular complexity index is 554. The minimum Gasteiger partial charge on any atom is -0.361 e. The molecule has 1 aromatic heterocycles. The molecule has 0 spiro atoms. The topological polar surface area (TPSA) is 49.9 Å². The molecule has 0 unspecified atom stereocenters. The zero-order chi connectivity index (χ0) is 10.2. The van der Waals surface area contributed by atoms with E-state index in [1.807, 2.05) is 30.5 Å². The van der Waals surface area contributed by atoms with Gasteiger partial charge in [0.1, 0.15) is 0 Å². The van der Waals surface area contributed by atoms with Gasteiger partial charge in [0.2, 0.25) is 0 Å². The van der Waals surface area contributed by atoms with E-state index in [-0.39, 0.29) is 5.75 Å². The van der Waals surface area contributed by atoms with Crippen LogP contribution in [0.1, 0.15) is 5.56 Å². The zero-order valence-corrected chi connectivity index (χ0v) is 8.64. The van der Waals surface area contributed by atoms with Gasteiger partial charge in [0, 0.05) is 18.0 Å². The van der Waals surface area contributed by atoms with Crippen molar-refractivity contribution in [2.75, 3.05) is 6.26 Å². The van der Waals surface area contributed by atoms with Crippen LogP contribution in [-0.2, 0) is 15.6 Å². The van der Waals surface area contributed by atoms with Gasteiger partial charge in [-0.25, -0.2) is 8.42 Å². The number of rotatable bonds is 2. The van der Waals surface area contributed by atoms with Crippen LogP contribution in [0.15, 0.2) is 30.5 Å². The van der Waals surface area contributed by atoms with Gasteiger partial charge in [0.25, 0.3) is 0 Å². The summed E-state index contributed by atoms with van der Waals surface area (Å²) in [6.45, 7) is 0. The SMILES string of the molecule is CS(=O)(=O)Cc1ccc2[nH]ccc2c1. The molecule has 1 N–H and O–H groups in total. The van der Waals surface area contributed by atoms with Crippen molar-refractivity contribution in [2.24, 2.45) is 0 Å². The maximum absolute atomic E-state index is 11.1. The van der Waals surface area contributed by atoms with Gasteiger partial charge < -0.3 is 4.98 Å². The molecule has 0 aliphatic heterocycles. The fourth-order valence-corrected chi connectivity index (χ4v) is 2.28. The molecule has 0 saturated carbocycles. The molecule has 14 heavy (non-hydrogen) atoms. The first-order chi connectivity index (χ1) is 6.54. The summed E-state index contributed by atoms with van der Waals surface area (Å²) in [5.41, 5.74) is 1.86. The van der Waals surface area contributed by atoms with E-state index in [0.29, 0.717) is 0 Å². The molecular formula is C10H11NO2S. The minimum absolute atomic E-state index is 0.105. The number of benzene rings is 1. The molecule has 0 aliphatic carbocycles. The summed E-state index contributed by atoms with van der Waals surface area (Å²) < 4.78 is 22.1. The van der Waals surface area contributed by atoms with Gasteiger partial charge >= 0.3 is 0 Å².